The number of amides is 1. The normalized spacial score (nSPS) is 22.0. The highest BCUT2D eigenvalue weighted by Gasteiger charge is 2.41. The van der Waals surface area contributed by atoms with Crippen molar-refractivity contribution >= 4 is 28.8 Å². The Morgan fingerprint density at radius 2 is 2.21 bits per heavy atom. The molecule has 1 amide bonds. The van der Waals surface area contributed by atoms with Gasteiger partial charge in [-0.2, -0.15) is 0 Å². The van der Waals surface area contributed by atoms with E-state index in [0.717, 1.165) is 35.9 Å². The molecule has 3 heterocycles. The van der Waals surface area contributed by atoms with Gasteiger partial charge >= 0.3 is 5.97 Å². The number of nitrogens with one attached hydrogen (secondary N) is 1. The average molecular weight is 472 g/mol. The summed E-state index contributed by atoms with van der Waals surface area (Å²) in [5.74, 6) is 0.181. The van der Waals surface area contributed by atoms with E-state index in [1.807, 2.05) is 41.5 Å². The van der Waals surface area contributed by atoms with Crippen molar-refractivity contribution in [2.75, 3.05) is 26.9 Å². The Morgan fingerprint density at radius 3 is 2.94 bits per heavy atom. The van der Waals surface area contributed by atoms with Gasteiger partial charge in [0, 0.05) is 18.8 Å². The van der Waals surface area contributed by atoms with E-state index >= 15 is 0 Å². The second-order valence-electron chi connectivity index (χ2n) is 8.01. The second kappa shape index (κ2) is 10.4. The van der Waals surface area contributed by atoms with Gasteiger partial charge in [-0.15, -0.1) is 0 Å². The van der Waals surface area contributed by atoms with Crippen LogP contribution in [-0.4, -0.2) is 54.9 Å². The van der Waals surface area contributed by atoms with Crippen molar-refractivity contribution in [2.24, 2.45) is 4.99 Å². The predicted molar refractivity (Wildman–Crippen MR) is 127 cm³/mol. The van der Waals surface area contributed by atoms with Crippen LogP contribution in [-0.2, 0) is 19.1 Å². The first-order valence-electron chi connectivity index (χ1n) is 11.2. The molecule has 2 atom stereocenters. The van der Waals surface area contributed by atoms with Crippen LogP contribution >= 0.6 is 11.8 Å². The number of allylic oxidation sites excluding steroid dienone is 1. The third-order valence-electron chi connectivity index (χ3n) is 5.80. The van der Waals surface area contributed by atoms with Gasteiger partial charge in [0.2, 0.25) is 5.91 Å². The number of carbonyl (C=O) groups is 2. The quantitative estimate of drug-likeness (QED) is 0.580. The molecule has 1 fully saturated rings. The van der Waals surface area contributed by atoms with Gasteiger partial charge in [0.1, 0.15) is 5.75 Å². The molecule has 1 N–H and O–H groups in total. The van der Waals surface area contributed by atoms with Crippen molar-refractivity contribution < 1.29 is 23.8 Å². The number of hydrogen-bond acceptors (Lipinski definition) is 8. The molecule has 0 radical (unpaired) electrons. The van der Waals surface area contributed by atoms with Gasteiger partial charge in [0.15, 0.2) is 5.17 Å². The Balaban J connectivity index is 1.62. The number of fused-ring (bicyclic) bond motifs is 1. The molecule has 176 valence electrons. The number of aliphatic imine (C=N–C) groups is 1. The lowest BCUT2D eigenvalue weighted by Gasteiger charge is -2.36. The minimum Gasteiger partial charge on any atom is -0.497 e. The van der Waals surface area contributed by atoms with Crippen LogP contribution in [0.1, 0.15) is 44.7 Å². The SMILES string of the molecule is CCOC(=O)C1=C(C)N=C2SC=C(CC(=O)NC[C@@H]3CCCO3)N2[C@H]1c1cccc(OC)c1. The van der Waals surface area contributed by atoms with Crippen LogP contribution in [0.15, 0.2) is 51.6 Å². The lowest BCUT2D eigenvalue weighted by atomic mass is 9.93. The summed E-state index contributed by atoms with van der Waals surface area (Å²) >= 11 is 1.45. The first-order chi connectivity index (χ1) is 16.0. The van der Waals surface area contributed by atoms with E-state index in [1.165, 1.54) is 11.8 Å². The van der Waals surface area contributed by atoms with E-state index in [4.69, 9.17) is 14.2 Å². The van der Waals surface area contributed by atoms with Crippen LogP contribution in [0.2, 0.25) is 0 Å². The highest BCUT2D eigenvalue weighted by Crippen LogP contribution is 2.45. The molecule has 8 nitrogen and oxygen atoms in total. The molecule has 1 aromatic rings. The maximum absolute atomic E-state index is 13.0. The molecule has 3 aliphatic rings. The third kappa shape index (κ3) is 5.09. The van der Waals surface area contributed by atoms with Gasteiger partial charge in [0.25, 0.3) is 0 Å². The Hall–Kier alpha value is -2.78. The van der Waals surface area contributed by atoms with E-state index in [1.54, 1.807) is 14.0 Å². The van der Waals surface area contributed by atoms with Crippen LogP contribution in [0.3, 0.4) is 0 Å². The Morgan fingerprint density at radius 1 is 1.36 bits per heavy atom. The zero-order valence-corrected chi connectivity index (χ0v) is 19.9. The summed E-state index contributed by atoms with van der Waals surface area (Å²) in [5.41, 5.74) is 2.71. The highest BCUT2D eigenvalue weighted by atomic mass is 32.2. The maximum atomic E-state index is 13.0. The monoisotopic (exact) mass is 471 g/mol. The van der Waals surface area contributed by atoms with E-state index in [9.17, 15) is 9.59 Å². The van der Waals surface area contributed by atoms with Gasteiger partial charge in [-0.25, -0.2) is 9.79 Å². The van der Waals surface area contributed by atoms with Gasteiger partial charge in [-0.1, -0.05) is 23.9 Å². The Bertz CT molecular complexity index is 1010. The minimum absolute atomic E-state index is 0.0820. The smallest absolute Gasteiger partial charge is 0.338 e. The molecule has 4 rings (SSSR count). The molecule has 0 saturated carbocycles. The lowest BCUT2D eigenvalue weighted by molar-refractivity contribution is -0.139. The number of hydrogen-bond donors (Lipinski definition) is 1. The summed E-state index contributed by atoms with van der Waals surface area (Å²) in [6, 6.07) is 7.12. The van der Waals surface area contributed by atoms with Gasteiger partial charge in [-0.3, -0.25) is 4.79 Å². The summed E-state index contributed by atoms with van der Waals surface area (Å²) in [6.07, 6.45) is 2.25. The molecule has 3 aliphatic heterocycles. The van der Waals surface area contributed by atoms with Crippen LogP contribution in [0, 0.1) is 0 Å². The van der Waals surface area contributed by atoms with E-state index in [0.29, 0.717) is 23.6 Å². The van der Waals surface area contributed by atoms with Crippen molar-refractivity contribution in [3.63, 3.8) is 0 Å². The summed E-state index contributed by atoms with van der Waals surface area (Å²) in [6.45, 7) is 5.12. The van der Waals surface area contributed by atoms with Gasteiger partial charge in [-0.05, 0) is 49.8 Å². The molecular formula is C24H29N3O5S. The second-order valence-corrected chi connectivity index (χ2v) is 8.84. The van der Waals surface area contributed by atoms with Crippen LogP contribution in [0.25, 0.3) is 0 Å². The molecule has 0 aliphatic carbocycles. The molecule has 0 bridgehead atoms. The van der Waals surface area contributed by atoms with Crippen molar-refractivity contribution in [3.8, 4) is 5.75 Å². The first-order valence-corrected chi connectivity index (χ1v) is 12.0. The standard InChI is InChI=1S/C24H29N3O5S/c1-4-31-23(29)21-15(2)26-24-27(22(21)16-7-5-8-18(11-16)30-3)17(14-33-24)12-20(28)25-13-19-9-6-10-32-19/h5,7-8,11,14,19,22H,4,6,9-10,12-13H2,1-3H3,(H,25,28)/t19-,22-/m0/s1. The van der Waals surface area contributed by atoms with Gasteiger partial charge in [0.05, 0.1) is 43.6 Å². The number of rotatable bonds is 8. The summed E-state index contributed by atoms with van der Waals surface area (Å²) in [7, 11) is 1.61. The van der Waals surface area contributed by atoms with E-state index in [-0.39, 0.29) is 25.0 Å². The largest absolute Gasteiger partial charge is 0.497 e. The van der Waals surface area contributed by atoms with E-state index in [2.05, 4.69) is 10.3 Å². The predicted octanol–water partition coefficient (Wildman–Crippen LogP) is 3.52. The van der Waals surface area contributed by atoms with Gasteiger partial charge < -0.3 is 24.4 Å². The highest BCUT2D eigenvalue weighted by molar-refractivity contribution is 8.16. The molecule has 1 saturated heterocycles. The number of nitrogens with zero attached hydrogens (tertiary/aromatic N) is 2. The number of esters is 1. The van der Waals surface area contributed by atoms with E-state index < -0.39 is 12.0 Å². The topological polar surface area (TPSA) is 89.5 Å². The fourth-order valence-electron chi connectivity index (χ4n) is 4.23. The summed E-state index contributed by atoms with van der Waals surface area (Å²) in [5, 5.41) is 5.64. The molecule has 9 heteroatoms. The van der Waals surface area contributed by atoms with Crippen molar-refractivity contribution in [1.82, 2.24) is 10.2 Å². The fourth-order valence-corrected chi connectivity index (χ4v) is 5.19. The average Bonchev–Trinajstić information content (AvgIpc) is 3.47. The number of carbonyl (C=O) groups excluding carboxylic acids is 2. The zero-order chi connectivity index (χ0) is 23.4. The number of amidine groups is 1. The third-order valence-corrected chi connectivity index (χ3v) is 6.69. The molecule has 33 heavy (non-hydrogen) atoms. The molecule has 0 spiro atoms. The number of methoxy groups -OCH3 is 1. The Labute approximate surface area is 198 Å². The Kier molecular flexibility index (Phi) is 7.39. The van der Waals surface area contributed by atoms with Crippen molar-refractivity contribution in [1.29, 1.82) is 0 Å². The summed E-state index contributed by atoms with van der Waals surface area (Å²) < 4.78 is 16.4. The minimum atomic E-state index is -0.473. The first kappa shape index (κ1) is 23.4. The van der Waals surface area contributed by atoms with Crippen LogP contribution in [0.5, 0.6) is 5.75 Å². The zero-order valence-electron chi connectivity index (χ0n) is 19.1. The molecule has 0 unspecified atom stereocenters. The summed E-state index contributed by atoms with van der Waals surface area (Å²) in [4.78, 5) is 32.4. The number of thioether (sulfide) groups is 1. The maximum Gasteiger partial charge on any atom is 0.338 e. The lowest BCUT2D eigenvalue weighted by Crippen LogP contribution is -2.38. The van der Waals surface area contributed by atoms with Crippen molar-refractivity contribution in [2.45, 2.75) is 45.3 Å². The molecule has 0 aromatic heterocycles. The van der Waals surface area contributed by atoms with Crippen LogP contribution in [0.4, 0.5) is 0 Å². The van der Waals surface area contributed by atoms with Crippen molar-refractivity contribution in [3.05, 3.63) is 52.2 Å². The molecule has 1 aromatic carbocycles. The fraction of sp³-hybridized carbons (Fsp3) is 0.458. The number of ether oxygens (including phenoxy) is 3. The molecular weight excluding hydrogens is 442 g/mol. The van der Waals surface area contributed by atoms with Crippen LogP contribution < -0.4 is 10.1 Å². The number of benzene rings is 1.